The van der Waals surface area contributed by atoms with Crippen molar-refractivity contribution in [2.45, 2.75) is 45.8 Å². The summed E-state index contributed by atoms with van der Waals surface area (Å²) in [6, 6.07) is 11.8. The van der Waals surface area contributed by atoms with E-state index in [-0.39, 0.29) is 17.6 Å². The van der Waals surface area contributed by atoms with Crippen LogP contribution in [0.25, 0.3) is 10.9 Å². The number of halogens is 2. The molecule has 1 aromatic heterocycles. The first-order chi connectivity index (χ1) is 15.6. The topological polar surface area (TPSA) is 87.6 Å². The van der Waals surface area contributed by atoms with Crippen molar-refractivity contribution >= 4 is 67.2 Å². The number of anilines is 2. The number of nitrogens with zero attached hydrogens (tertiary/aromatic N) is 3. The molecule has 7 nitrogen and oxygen atoms in total. The van der Waals surface area contributed by atoms with Crippen LogP contribution in [0, 0.1) is 8.99 Å². The molecule has 2 atom stereocenters. The second kappa shape index (κ2) is 9.61. The number of carbonyl (C=O) groups is 1. The molecule has 1 aliphatic heterocycles. The van der Waals surface area contributed by atoms with E-state index in [9.17, 15) is 9.90 Å². The van der Waals surface area contributed by atoms with Gasteiger partial charge in [-0.1, -0.05) is 26.8 Å². The summed E-state index contributed by atoms with van der Waals surface area (Å²) in [5.74, 6) is 1.21. The van der Waals surface area contributed by atoms with E-state index in [4.69, 9.17) is 4.74 Å². The summed E-state index contributed by atoms with van der Waals surface area (Å²) < 4.78 is 8.32. The molecule has 1 amide bonds. The number of nitrogens with one attached hydrogen (secondary N) is 1. The summed E-state index contributed by atoms with van der Waals surface area (Å²) in [5, 5.41) is 13.8. The van der Waals surface area contributed by atoms with Gasteiger partial charge in [0.15, 0.2) is 0 Å². The van der Waals surface area contributed by atoms with Gasteiger partial charge in [-0.15, -0.1) is 0 Å². The van der Waals surface area contributed by atoms with E-state index in [0.29, 0.717) is 31.1 Å². The number of amides is 1. The molecule has 2 N–H and O–H groups in total. The average Bonchev–Trinajstić information content (AvgIpc) is 2.74. The molecule has 2 unspecified atom stereocenters. The molecule has 0 bridgehead atoms. The first kappa shape index (κ1) is 24.0. The molecule has 33 heavy (non-hydrogen) atoms. The van der Waals surface area contributed by atoms with Gasteiger partial charge in [-0.25, -0.2) is 14.8 Å². The number of aromatic nitrogens is 2. The van der Waals surface area contributed by atoms with Crippen molar-refractivity contribution in [3.63, 3.8) is 0 Å². The Hall–Kier alpha value is -2.14. The fourth-order valence-corrected chi connectivity index (χ4v) is 5.15. The van der Waals surface area contributed by atoms with E-state index in [1.165, 1.54) is 0 Å². The van der Waals surface area contributed by atoms with Crippen LogP contribution in [0.4, 0.5) is 16.4 Å². The molecule has 1 fully saturated rings. The van der Waals surface area contributed by atoms with E-state index >= 15 is 0 Å². The van der Waals surface area contributed by atoms with Gasteiger partial charge in [0.2, 0.25) is 5.95 Å². The van der Waals surface area contributed by atoms with Crippen LogP contribution in [0.1, 0.15) is 33.6 Å². The number of hydrogen-bond donors (Lipinski definition) is 2. The highest BCUT2D eigenvalue weighted by Gasteiger charge is 2.39. The monoisotopic (exact) mass is 624 g/mol. The Balaban J connectivity index is 1.56. The molecule has 3 aromatic rings. The van der Waals surface area contributed by atoms with Crippen LogP contribution in [0.5, 0.6) is 5.75 Å². The summed E-state index contributed by atoms with van der Waals surface area (Å²) in [6.45, 7) is 6.67. The highest BCUT2D eigenvalue weighted by atomic mass is 127. The predicted octanol–water partition coefficient (Wildman–Crippen LogP) is 6.68. The molecule has 0 spiro atoms. The first-order valence-corrected chi connectivity index (χ1v) is 12.6. The third-order valence-corrected chi connectivity index (χ3v) is 7.10. The number of benzene rings is 2. The van der Waals surface area contributed by atoms with E-state index < -0.39 is 6.09 Å². The highest BCUT2D eigenvalue weighted by molar-refractivity contribution is 14.1. The Morgan fingerprint density at radius 2 is 2.09 bits per heavy atom. The lowest BCUT2D eigenvalue weighted by molar-refractivity contribution is 0.0128. The molecule has 0 radical (unpaired) electrons. The van der Waals surface area contributed by atoms with Crippen LogP contribution in [-0.4, -0.2) is 44.8 Å². The molecule has 1 saturated heterocycles. The van der Waals surface area contributed by atoms with Gasteiger partial charge in [-0.3, -0.25) is 0 Å². The lowest BCUT2D eigenvalue weighted by Crippen LogP contribution is -2.53. The number of piperidine rings is 1. The number of hydrogen-bond acceptors (Lipinski definition) is 5. The maximum Gasteiger partial charge on any atom is 0.407 e. The predicted molar refractivity (Wildman–Crippen MR) is 141 cm³/mol. The van der Waals surface area contributed by atoms with Crippen molar-refractivity contribution in [2.75, 3.05) is 11.9 Å². The van der Waals surface area contributed by atoms with Crippen LogP contribution < -0.4 is 10.1 Å². The maximum absolute atomic E-state index is 11.7. The second-order valence-electron chi connectivity index (χ2n) is 9.29. The van der Waals surface area contributed by atoms with Gasteiger partial charge in [0.1, 0.15) is 11.9 Å². The van der Waals surface area contributed by atoms with Crippen molar-refractivity contribution in [1.82, 2.24) is 14.9 Å². The molecule has 1 aliphatic rings. The molecular weight excluding hydrogens is 599 g/mol. The van der Waals surface area contributed by atoms with Crippen molar-refractivity contribution in [3.8, 4) is 5.75 Å². The normalized spacial score (nSPS) is 18.9. The standard InChI is InChI=1S/C24H26BrIN4O3/c1-24(2,3)21-11-17(7-8-30(21)23(31)32)33-20-12-19-14(9-18(20)25)13-27-22(29-19)28-16-6-4-5-15(26)10-16/h4-6,9-10,12-13,17,21H,7-8,11H2,1-3H3,(H,31,32)(H,27,28,29). The minimum atomic E-state index is -0.870. The maximum atomic E-state index is 11.7. The number of fused-ring (bicyclic) bond motifs is 1. The Bertz CT molecular complexity index is 1180. The summed E-state index contributed by atoms with van der Waals surface area (Å²) in [6.07, 6.45) is 2.12. The number of likely N-dealkylation sites (tertiary alicyclic amines) is 1. The van der Waals surface area contributed by atoms with Crippen molar-refractivity contribution in [2.24, 2.45) is 5.41 Å². The van der Waals surface area contributed by atoms with Crippen LogP contribution in [0.15, 0.2) is 47.1 Å². The zero-order valence-electron chi connectivity index (χ0n) is 18.7. The van der Waals surface area contributed by atoms with Crippen LogP contribution in [0.3, 0.4) is 0 Å². The Morgan fingerprint density at radius 1 is 1.30 bits per heavy atom. The van der Waals surface area contributed by atoms with Crippen molar-refractivity contribution in [3.05, 3.63) is 50.6 Å². The Labute approximate surface area is 215 Å². The quantitative estimate of drug-likeness (QED) is 0.315. The summed E-state index contributed by atoms with van der Waals surface area (Å²) in [5.41, 5.74) is 1.52. The number of ether oxygens (including phenoxy) is 1. The van der Waals surface area contributed by atoms with E-state index in [0.717, 1.165) is 24.6 Å². The zero-order chi connectivity index (χ0) is 23.8. The SMILES string of the molecule is CC(C)(C)C1CC(Oc2cc3nc(Nc4cccc(I)c4)ncc3cc2Br)CCN1C(=O)O. The zero-order valence-corrected chi connectivity index (χ0v) is 22.4. The second-order valence-corrected chi connectivity index (χ2v) is 11.4. The number of rotatable bonds is 4. The van der Waals surface area contributed by atoms with Crippen molar-refractivity contribution < 1.29 is 14.6 Å². The molecule has 174 valence electrons. The summed E-state index contributed by atoms with van der Waals surface area (Å²) in [7, 11) is 0. The smallest absolute Gasteiger partial charge is 0.407 e. The third-order valence-electron chi connectivity index (χ3n) is 5.81. The first-order valence-electron chi connectivity index (χ1n) is 10.8. The molecular formula is C24H26BrIN4O3. The summed E-state index contributed by atoms with van der Waals surface area (Å²) >= 11 is 5.88. The fraction of sp³-hybridized carbons (Fsp3) is 0.375. The minimum Gasteiger partial charge on any atom is -0.489 e. The third kappa shape index (κ3) is 5.68. The molecule has 0 aliphatic carbocycles. The van der Waals surface area contributed by atoms with Gasteiger partial charge in [0, 0.05) is 52.3 Å². The van der Waals surface area contributed by atoms with Gasteiger partial charge in [-0.2, -0.15) is 0 Å². The highest BCUT2D eigenvalue weighted by Crippen LogP contribution is 2.36. The van der Waals surface area contributed by atoms with Crippen molar-refractivity contribution in [1.29, 1.82) is 0 Å². The largest absolute Gasteiger partial charge is 0.489 e. The lowest BCUT2D eigenvalue weighted by atomic mass is 9.80. The van der Waals surface area contributed by atoms with Gasteiger partial charge in [0.25, 0.3) is 0 Å². The molecule has 9 heteroatoms. The lowest BCUT2D eigenvalue weighted by Gasteiger charge is -2.44. The van der Waals surface area contributed by atoms with E-state index in [1.807, 2.05) is 36.4 Å². The molecule has 2 heterocycles. The van der Waals surface area contributed by atoms with Crippen LogP contribution >= 0.6 is 38.5 Å². The average molecular weight is 625 g/mol. The summed E-state index contributed by atoms with van der Waals surface area (Å²) in [4.78, 5) is 22.4. The molecule has 4 rings (SSSR count). The van der Waals surface area contributed by atoms with E-state index in [2.05, 4.69) is 74.6 Å². The van der Waals surface area contributed by atoms with Gasteiger partial charge < -0.3 is 20.1 Å². The molecule has 0 saturated carbocycles. The Kier molecular flexibility index (Phi) is 6.99. The fourth-order valence-electron chi connectivity index (χ4n) is 4.15. The van der Waals surface area contributed by atoms with Crippen LogP contribution in [0.2, 0.25) is 0 Å². The van der Waals surface area contributed by atoms with Gasteiger partial charge in [0.05, 0.1) is 9.99 Å². The molecule has 2 aromatic carbocycles. The van der Waals surface area contributed by atoms with E-state index in [1.54, 1.807) is 11.1 Å². The minimum absolute atomic E-state index is 0.0793. The Morgan fingerprint density at radius 3 is 2.79 bits per heavy atom. The van der Waals surface area contributed by atoms with Gasteiger partial charge in [-0.05, 0) is 68.2 Å². The van der Waals surface area contributed by atoms with Crippen LogP contribution in [-0.2, 0) is 0 Å². The van der Waals surface area contributed by atoms with Gasteiger partial charge >= 0.3 is 6.09 Å². The number of carboxylic acid groups (broad SMARTS) is 1.